The maximum Gasteiger partial charge on any atom is 0.306 e. The highest BCUT2D eigenvalue weighted by Gasteiger charge is 2.30. The van der Waals surface area contributed by atoms with Crippen LogP contribution in [-0.4, -0.2) is 21.3 Å². The molecule has 1 rings (SSSR count). The molecule has 0 saturated heterocycles. The molecule has 0 bridgehead atoms. The number of hydrogen-bond donors (Lipinski definition) is 3. The minimum atomic E-state index is -1.36. The van der Waals surface area contributed by atoms with Gasteiger partial charge in [-0.15, -0.1) is 0 Å². The van der Waals surface area contributed by atoms with Gasteiger partial charge in [0.05, 0.1) is 12.0 Å². The van der Waals surface area contributed by atoms with Crippen molar-refractivity contribution in [2.24, 2.45) is 0 Å². The first kappa shape index (κ1) is 11.5. The topological polar surface area (TPSA) is 77.8 Å². The lowest BCUT2D eigenvalue weighted by Gasteiger charge is -2.25. The summed E-state index contributed by atoms with van der Waals surface area (Å²) in [6.07, 6.45) is -0.0294. The second-order valence-electron chi connectivity index (χ2n) is 3.50. The van der Waals surface area contributed by atoms with E-state index < -0.39 is 11.6 Å². The maximum atomic E-state index is 10.6. The smallest absolute Gasteiger partial charge is 0.306 e. The Morgan fingerprint density at radius 1 is 1.33 bits per heavy atom. The summed E-state index contributed by atoms with van der Waals surface area (Å²) in [6, 6.07) is 5.92. The summed E-state index contributed by atoms with van der Waals surface area (Å²) in [6.45, 7) is 1.72. The van der Waals surface area contributed by atoms with Gasteiger partial charge in [0.15, 0.2) is 0 Å². The maximum absolute atomic E-state index is 10.6. The summed E-state index contributed by atoms with van der Waals surface area (Å²) in [7, 11) is 0. The molecule has 3 N–H and O–H groups in total. The van der Waals surface area contributed by atoms with Crippen LogP contribution in [0.15, 0.2) is 24.3 Å². The average molecular weight is 210 g/mol. The highest BCUT2D eigenvalue weighted by molar-refractivity contribution is 5.68. The van der Waals surface area contributed by atoms with Gasteiger partial charge in [-0.3, -0.25) is 4.79 Å². The molecule has 0 aliphatic rings. The van der Waals surface area contributed by atoms with Crippen molar-refractivity contribution in [3.63, 3.8) is 0 Å². The van der Waals surface area contributed by atoms with E-state index >= 15 is 0 Å². The van der Waals surface area contributed by atoms with E-state index in [1.807, 2.05) is 0 Å². The van der Waals surface area contributed by atoms with Gasteiger partial charge in [0, 0.05) is 0 Å². The number of rotatable bonds is 4. The molecule has 1 atom stereocenters. The molecule has 0 radical (unpaired) electrons. The monoisotopic (exact) mass is 210 g/mol. The molecular formula is C11H14O4. The number of phenols is 1. The van der Waals surface area contributed by atoms with Crippen LogP contribution < -0.4 is 0 Å². The third kappa shape index (κ3) is 2.70. The molecule has 15 heavy (non-hydrogen) atoms. The zero-order valence-corrected chi connectivity index (χ0v) is 8.47. The van der Waals surface area contributed by atoms with Gasteiger partial charge in [-0.1, -0.05) is 19.1 Å². The Labute approximate surface area is 87.8 Å². The summed E-state index contributed by atoms with van der Waals surface area (Å²) in [5.41, 5.74) is -0.857. The third-order valence-electron chi connectivity index (χ3n) is 2.43. The quantitative estimate of drug-likeness (QED) is 0.703. The molecule has 0 saturated carbocycles. The minimum absolute atomic E-state index is 0.0903. The van der Waals surface area contributed by atoms with Gasteiger partial charge in [0.2, 0.25) is 0 Å². The Balaban J connectivity index is 3.00. The molecule has 0 amide bonds. The van der Waals surface area contributed by atoms with E-state index in [0.29, 0.717) is 12.0 Å². The normalized spacial score (nSPS) is 14.5. The van der Waals surface area contributed by atoms with E-state index in [-0.39, 0.29) is 12.2 Å². The fourth-order valence-electron chi connectivity index (χ4n) is 1.45. The summed E-state index contributed by atoms with van der Waals surface area (Å²) in [5.74, 6) is -0.958. The van der Waals surface area contributed by atoms with Gasteiger partial charge in [-0.05, 0) is 24.1 Å². The van der Waals surface area contributed by atoms with Gasteiger partial charge >= 0.3 is 5.97 Å². The molecule has 4 nitrogen and oxygen atoms in total. The number of benzene rings is 1. The molecular weight excluding hydrogens is 196 g/mol. The number of phenolic OH excluding ortho intramolecular Hbond substituents is 1. The standard InChI is InChI=1S/C11H14O4/c1-2-11(15,7-10(13)14)8-3-5-9(12)6-4-8/h3-6,12,15H,2,7H2,1H3,(H,13,14). The van der Waals surface area contributed by atoms with E-state index in [2.05, 4.69) is 0 Å². The van der Waals surface area contributed by atoms with Crippen molar-refractivity contribution in [2.45, 2.75) is 25.4 Å². The van der Waals surface area contributed by atoms with Crippen LogP contribution >= 0.6 is 0 Å². The van der Waals surface area contributed by atoms with Crippen molar-refractivity contribution in [2.75, 3.05) is 0 Å². The number of aromatic hydroxyl groups is 1. The Bertz CT molecular complexity index is 344. The first-order valence-corrected chi connectivity index (χ1v) is 4.71. The average Bonchev–Trinajstić information content (AvgIpc) is 2.17. The second kappa shape index (κ2) is 4.31. The van der Waals surface area contributed by atoms with Crippen LogP contribution in [0.2, 0.25) is 0 Å². The lowest BCUT2D eigenvalue weighted by atomic mass is 9.88. The van der Waals surface area contributed by atoms with E-state index in [9.17, 15) is 9.90 Å². The van der Waals surface area contributed by atoms with Crippen molar-refractivity contribution >= 4 is 5.97 Å². The summed E-state index contributed by atoms with van der Waals surface area (Å²) in [5, 5.41) is 27.9. The number of carboxylic acids is 1. The highest BCUT2D eigenvalue weighted by atomic mass is 16.4. The largest absolute Gasteiger partial charge is 0.508 e. The highest BCUT2D eigenvalue weighted by Crippen LogP contribution is 2.29. The van der Waals surface area contributed by atoms with Crippen LogP contribution in [0.5, 0.6) is 5.75 Å². The molecule has 0 aliphatic heterocycles. The molecule has 4 heteroatoms. The Morgan fingerprint density at radius 2 is 1.87 bits per heavy atom. The van der Waals surface area contributed by atoms with E-state index in [1.165, 1.54) is 24.3 Å². The number of carbonyl (C=O) groups is 1. The second-order valence-corrected chi connectivity index (χ2v) is 3.50. The van der Waals surface area contributed by atoms with E-state index in [4.69, 9.17) is 10.2 Å². The number of aliphatic hydroxyl groups is 1. The van der Waals surface area contributed by atoms with Crippen LogP contribution in [0.3, 0.4) is 0 Å². The summed E-state index contributed by atoms with van der Waals surface area (Å²) < 4.78 is 0. The summed E-state index contributed by atoms with van der Waals surface area (Å²) in [4.78, 5) is 10.6. The molecule has 0 heterocycles. The van der Waals surface area contributed by atoms with Crippen molar-refractivity contribution < 1.29 is 20.1 Å². The SMILES string of the molecule is CCC(O)(CC(=O)O)c1ccc(O)cc1. The molecule has 0 spiro atoms. The molecule has 1 unspecified atom stereocenters. The number of hydrogen-bond acceptors (Lipinski definition) is 3. The Kier molecular flexibility index (Phi) is 3.31. The lowest BCUT2D eigenvalue weighted by Crippen LogP contribution is -2.28. The molecule has 1 aromatic carbocycles. The minimum Gasteiger partial charge on any atom is -0.508 e. The predicted molar refractivity (Wildman–Crippen MR) is 54.5 cm³/mol. The first-order chi connectivity index (χ1) is 6.98. The summed E-state index contributed by atoms with van der Waals surface area (Å²) >= 11 is 0. The van der Waals surface area contributed by atoms with Gasteiger partial charge in [0.25, 0.3) is 0 Å². The first-order valence-electron chi connectivity index (χ1n) is 4.71. The third-order valence-corrected chi connectivity index (χ3v) is 2.43. The van der Waals surface area contributed by atoms with Crippen molar-refractivity contribution in [3.05, 3.63) is 29.8 Å². The van der Waals surface area contributed by atoms with E-state index in [0.717, 1.165) is 0 Å². The Morgan fingerprint density at radius 3 is 2.27 bits per heavy atom. The molecule has 0 aliphatic carbocycles. The fraction of sp³-hybridized carbons (Fsp3) is 0.364. The van der Waals surface area contributed by atoms with Crippen molar-refractivity contribution in [1.82, 2.24) is 0 Å². The molecule has 0 aromatic heterocycles. The molecule has 0 fully saturated rings. The molecule has 1 aromatic rings. The molecule has 82 valence electrons. The van der Waals surface area contributed by atoms with E-state index in [1.54, 1.807) is 6.92 Å². The predicted octanol–water partition coefficient (Wildman–Crippen LogP) is 1.46. The van der Waals surface area contributed by atoms with Gasteiger partial charge in [-0.2, -0.15) is 0 Å². The van der Waals surface area contributed by atoms with Crippen molar-refractivity contribution in [1.29, 1.82) is 0 Å². The van der Waals surface area contributed by atoms with Crippen LogP contribution in [0.4, 0.5) is 0 Å². The number of carboxylic acid groups (broad SMARTS) is 1. The fourth-order valence-corrected chi connectivity index (χ4v) is 1.45. The number of aliphatic carboxylic acids is 1. The zero-order valence-electron chi connectivity index (χ0n) is 8.47. The zero-order chi connectivity index (χ0) is 11.5. The van der Waals surface area contributed by atoms with Crippen LogP contribution in [-0.2, 0) is 10.4 Å². The van der Waals surface area contributed by atoms with Crippen LogP contribution in [0, 0.1) is 0 Å². The Hall–Kier alpha value is -1.55. The van der Waals surface area contributed by atoms with Gasteiger partial charge in [0.1, 0.15) is 5.75 Å². The van der Waals surface area contributed by atoms with Crippen molar-refractivity contribution in [3.8, 4) is 5.75 Å². The van der Waals surface area contributed by atoms with Crippen LogP contribution in [0.1, 0.15) is 25.3 Å². The van der Waals surface area contributed by atoms with Gasteiger partial charge in [-0.25, -0.2) is 0 Å². The lowest BCUT2D eigenvalue weighted by molar-refractivity contribution is -0.143. The van der Waals surface area contributed by atoms with Crippen LogP contribution in [0.25, 0.3) is 0 Å². The van der Waals surface area contributed by atoms with Gasteiger partial charge < -0.3 is 15.3 Å².